The summed E-state index contributed by atoms with van der Waals surface area (Å²) >= 11 is 1.48. The van der Waals surface area contributed by atoms with E-state index in [0.717, 1.165) is 69.8 Å². The van der Waals surface area contributed by atoms with E-state index in [1.807, 2.05) is 36.4 Å². The number of aryl methyl sites for hydroxylation is 2. The lowest BCUT2D eigenvalue weighted by Gasteiger charge is -2.38. The van der Waals surface area contributed by atoms with Gasteiger partial charge in [0.05, 0.1) is 32.9 Å². The average molecular weight is 946 g/mol. The van der Waals surface area contributed by atoms with Crippen LogP contribution >= 0.6 is 19.2 Å². The summed E-state index contributed by atoms with van der Waals surface area (Å²) in [6.45, 7) is 4.71. The SMILES string of the molecule is CC(CCc1nc2cc(C#CC#CC3CN(CCCOC(c4ccccc4)(c4ccccc4)c4ccccc4)C3)ccc2s1)(CNOC(=O)CCc1ccccc1OP(=O)(O)O)S(C)(=O)=O. The van der Waals surface area contributed by atoms with Gasteiger partial charge >= 0.3 is 13.8 Å². The number of hydrogen-bond donors (Lipinski definition) is 3. The molecule has 1 aromatic heterocycles. The zero-order chi connectivity index (χ0) is 46.6. The van der Waals surface area contributed by atoms with Gasteiger partial charge in [-0.15, -0.1) is 11.3 Å². The molecular formula is C51H52N3O9PS2. The Balaban J connectivity index is 0.866. The van der Waals surface area contributed by atoms with Crippen LogP contribution in [0.25, 0.3) is 10.2 Å². The summed E-state index contributed by atoms with van der Waals surface area (Å²) in [7, 11) is -8.40. The zero-order valence-electron chi connectivity index (χ0n) is 36.8. The van der Waals surface area contributed by atoms with Crippen molar-refractivity contribution in [3.8, 4) is 29.4 Å². The molecule has 0 bridgehead atoms. The lowest BCUT2D eigenvalue weighted by atomic mass is 9.80. The number of rotatable bonds is 20. The third-order valence-corrected chi connectivity index (χ3v) is 15.3. The van der Waals surface area contributed by atoms with Crippen molar-refractivity contribution in [2.24, 2.45) is 5.92 Å². The van der Waals surface area contributed by atoms with Crippen LogP contribution in [0.15, 0.2) is 133 Å². The second-order valence-electron chi connectivity index (χ2n) is 16.5. The minimum Gasteiger partial charge on any atom is -0.404 e. The van der Waals surface area contributed by atoms with Crippen LogP contribution in [0, 0.1) is 29.6 Å². The van der Waals surface area contributed by atoms with Gasteiger partial charge in [0.2, 0.25) is 0 Å². The average Bonchev–Trinajstić information content (AvgIpc) is 3.70. The van der Waals surface area contributed by atoms with Crippen molar-refractivity contribution in [3.05, 3.63) is 166 Å². The Kier molecular flexibility index (Phi) is 15.9. The van der Waals surface area contributed by atoms with Crippen LogP contribution in [0.2, 0.25) is 0 Å². The molecular weight excluding hydrogens is 894 g/mol. The Labute approximate surface area is 390 Å². The quantitative estimate of drug-likeness (QED) is 0.0224. The molecule has 0 radical (unpaired) electrons. The van der Waals surface area contributed by atoms with Gasteiger partial charge in [-0.25, -0.2) is 18.0 Å². The molecule has 12 nitrogen and oxygen atoms in total. The molecule has 0 amide bonds. The number of thiazole rings is 1. The van der Waals surface area contributed by atoms with Crippen LogP contribution in [0.1, 0.15) is 59.0 Å². The maximum Gasteiger partial charge on any atom is 0.524 e. The monoisotopic (exact) mass is 945 g/mol. The van der Waals surface area contributed by atoms with Gasteiger partial charge in [0.25, 0.3) is 0 Å². The van der Waals surface area contributed by atoms with Gasteiger partial charge in [-0.2, -0.15) is 5.48 Å². The summed E-state index contributed by atoms with van der Waals surface area (Å²) in [6.07, 6.45) is 2.56. The number of carbonyl (C=O) groups is 1. The molecule has 1 unspecified atom stereocenters. The maximum atomic E-state index is 12.9. The van der Waals surface area contributed by atoms with E-state index in [0.29, 0.717) is 18.6 Å². The molecule has 1 aliphatic heterocycles. The minimum atomic E-state index is -4.79. The lowest BCUT2D eigenvalue weighted by molar-refractivity contribution is -0.151. The molecule has 7 rings (SSSR count). The molecule has 0 saturated carbocycles. The summed E-state index contributed by atoms with van der Waals surface area (Å²) in [5.41, 5.74) is 7.04. The van der Waals surface area contributed by atoms with Gasteiger partial charge in [0, 0.05) is 50.4 Å². The van der Waals surface area contributed by atoms with E-state index in [9.17, 15) is 17.8 Å². The van der Waals surface area contributed by atoms with Crippen molar-refractivity contribution in [2.75, 3.05) is 39.0 Å². The Morgan fingerprint density at radius 3 is 2.12 bits per heavy atom. The Morgan fingerprint density at radius 1 is 0.879 bits per heavy atom. The van der Waals surface area contributed by atoms with E-state index < -0.39 is 34.0 Å². The number of nitrogens with one attached hydrogen (secondary N) is 1. The summed E-state index contributed by atoms with van der Waals surface area (Å²) < 4.78 is 48.5. The fraction of sp³-hybridized carbons (Fsp3) is 0.294. The van der Waals surface area contributed by atoms with Crippen LogP contribution < -0.4 is 10.0 Å². The number of benzene rings is 5. The molecule has 3 N–H and O–H groups in total. The molecule has 1 fully saturated rings. The van der Waals surface area contributed by atoms with Gasteiger partial charge in [0.15, 0.2) is 9.84 Å². The first-order valence-electron chi connectivity index (χ1n) is 21.6. The minimum absolute atomic E-state index is 0.0410. The van der Waals surface area contributed by atoms with Gasteiger partial charge in [-0.05, 0) is 84.5 Å². The number of hydroxylamine groups is 1. The van der Waals surface area contributed by atoms with E-state index in [4.69, 9.17) is 28.9 Å². The van der Waals surface area contributed by atoms with Crippen molar-refractivity contribution >= 4 is 45.2 Å². The number of aromatic nitrogens is 1. The summed E-state index contributed by atoms with van der Waals surface area (Å²) in [5.74, 6) is 12.0. The third-order valence-electron chi connectivity index (χ3n) is 11.6. The van der Waals surface area contributed by atoms with E-state index in [-0.39, 0.29) is 37.5 Å². The number of fused-ring (bicyclic) bond motifs is 1. The van der Waals surface area contributed by atoms with Crippen molar-refractivity contribution in [1.29, 1.82) is 0 Å². The molecule has 1 atom stereocenters. The van der Waals surface area contributed by atoms with Crippen molar-refractivity contribution in [1.82, 2.24) is 15.4 Å². The second-order valence-corrected chi connectivity index (χ2v) is 21.3. The van der Waals surface area contributed by atoms with E-state index in [1.165, 1.54) is 17.4 Å². The van der Waals surface area contributed by atoms with Gasteiger partial charge in [0.1, 0.15) is 11.4 Å². The van der Waals surface area contributed by atoms with E-state index in [2.05, 4.69) is 107 Å². The van der Waals surface area contributed by atoms with E-state index >= 15 is 0 Å². The van der Waals surface area contributed by atoms with Gasteiger partial charge in [-0.1, -0.05) is 121 Å². The Bertz CT molecular complexity index is 2790. The normalized spacial score (nSPS) is 14.2. The first-order chi connectivity index (χ1) is 31.7. The van der Waals surface area contributed by atoms with Crippen LogP contribution in [-0.4, -0.2) is 77.8 Å². The highest BCUT2D eigenvalue weighted by atomic mass is 32.2. The molecule has 15 heteroatoms. The molecule has 342 valence electrons. The predicted molar refractivity (Wildman–Crippen MR) is 257 cm³/mol. The number of hydrogen-bond acceptors (Lipinski definition) is 11. The third kappa shape index (κ3) is 12.6. The van der Waals surface area contributed by atoms with Gasteiger partial charge in [-0.3, -0.25) is 14.6 Å². The largest absolute Gasteiger partial charge is 0.524 e. The fourth-order valence-electron chi connectivity index (χ4n) is 7.79. The number of phosphoric acid groups is 1. The topological polar surface area (TPSA) is 165 Å². The van der Waals surface area contributed by atoms with Crippen LogP contribution in [0.4, 0.5) is 0 Å². The first-order valence-corrected chi connectivity index (χ1v) is 25.8. The van der Waals surface area contributed by atoms with Gasteiger partial charge < -0.3 is 19.0 Å². The predicted octanol–water partition coefficient (Wildman–Crippen LogP) is 7.87. The van der Waals surface area contributed by atoms with Crippen molar-refractivity contribution < 1.29 is 41.7 Å². The molecule has 66 heavy (non-hydrogen) atoms. The Hall–Kier alpha value is -5.64. The first kappa shape index (κ1) is 48.3. The van der Waals surface area contributed by atoms with Crippen molar-refractivity contribution in [3.63, 3.8) is 0 Å². The fourth-order valence-corrected chi connectivity index (χ4v) is 9.96. The lowest BCUT2D eigenvalue weighted by Crippen LogP contribution is -2.46. The summed E-state index contributed by atoms with van der Waals surface area (Å²) in [4.78, 5) is 43.1. The molecule has 5 aromatic carbocycles. The van der Waals surface area contributed by atoms with Crippen molar-refractivity contribution in [2.45, 2.75) is 49.4 Å². The highest BCUT2D eigenvalue weighted by molar-refractivity contribution is 7.92. The zero-order valence-corrected chi connectivity index (χ0v) is 39.3. The number of phosphoric ester groups is 1. The Morgan fingerprint density at radius 2 is 1.50 bits per heavy atom. The van der Waals surface area contributed by atoms with E-state index in [1.54, 1.807) is 25.1 Å². The molecule has 1 aliphatic rings. The van der Waals surface area contributed by atoms with Crippen LogP contribution in [0.5, 0.6) is 5.75 Å². The maximum absolute atomic E-state index is 12.9. The standard InChI is InChI=1S/C51H52N3O9PS2/c1-50(66(2,59)60,38-52-62-49(55)30-28-41-19-14-15-26-46(41)63-64(56,57)58)32-31-48-53-45-35-39(27-29-47(45)65-48)17-12-13-18-40-36-54(37-40)33-16-34-61-51(42-20-6-3-7-21-42,43-22-8-4-9-23-43)44-24-10-5-11-25-44/h3-11,14-15,19-27,29,35,40,52H,16,28,30-34,36-38H2,1-2H3,(H2,56,57,58). The highest BCUT2D eigenvalue weighted by Gasteiger charge is 2.38. The summed E-state index contributed by atoms with van der Waals surface area (Å²) in [6, 6.07) is 43.2. The number of ether oxygens (including phenoxy) is 1. The molecule has 0 aliphatic carbocycles. The number of likely N-dealkylation sites (tertiary alicyclic amines) is 1. The number of para-hydroxylation sites is 1. The van der Waals surface area contributed by atoms with Crippen LogP contribution in [-0.2, 0) is 47.2 Å². The molecule has 1 saturated heterocycles. The van der Waals surface area contributed by atoms with Crippen LogP contribution in [0.3, 0.4) is 0 Å². The second kappa shape index (κ2) is 21.8. The molecule has 2 heterocycles. The highest BCUT2D eigenvalue weighted by Crippen LogP contribution is 2.41. The summed E-state index contributed by atoms with van der Waals surface area (Å²) in [5, 5.41) is 0.766. The number of nitrogens with zero attached hydrogens (tertiary/aromatic N) is 2. The molecule has 0 spiro atoms. The number of sulfone groups is 1. The smallest absolute Gasteiger partial charge is 0.404 e. The number of carbonyl (C=O) groups excluding carboxylic acids is 1. The molecule has 6 aromatic rings.